The van der Waals surface area contributed by atoms with Crippen LogP contribution >= 0.6 is 11.6 Å². The molecule has 2 unspecified atom stereocenters. The van der Waals surface area contributed by atoms with Gasteiger partial charge in [-0.25, -0.2) is 0 Å². The van der Waals surface area contributed by atoms with Crippen molar-refractivity contribution in [1.82, 2.24) is 4.98 Å². The number of hydrogen-bond donors (Lipinski definition) is 1. The second-order valence-electron chi connectivity index (χ2n) is 4.70. The molecule has 1 aliphatic rings. The molecule has 0 radical (unpaired) electrons. The monoisotopic (exact) mass is 225 g/mol. The number of aryl methyl sites for hydroxylation is 1. The van der Waals surface area contributed by atoms with Crippen molar-refractivity contribution in [2.45, 2.75) is 56.7 Å². The third kappa shape index (κ3) is 2.78. The Kier molecular flexibility index (Phi) is 3.74. The van der Waals surface area contributed by atoms with E-state index in [1.165, 1.54) is 49.8 Å². The Labute approximate surface area is 97.2 Å². The predicted octanol–water partition coefficient (Wildman–Crippen LogP) is 4.23. The van der Waals surface area contributed by atoms with Crippen LogP contribution in [0.5, 0.6) is 0 Å². The third-order valence-corrected chi connectivity index (χ3v) is 3.76. The summed E-state index contributed by atoms with van der Waals surface area (Å²) in [7, 11) is 0. The number of aromatic amines is 1. The molecule has 1 aromatic heterocycles. The van der Waals surface area contributed by atoms with Crippen molar-refractivity contribution >= 4 is 11.6 Å². The zero-order valence-electron chi connectivity index (χ0n) is 9.43. The fourth-order valence-corrected chi connectivity index (χ4v) is 2.79. The molecular formula is C13H20ClN. The van der Waals surface area contributed by atoms with Crippen LogP contribution in [-0.2, 0) is 6.42 Å². The second kappa shape index (κ2) is 5.07. The van der Waals surface area contributed by atoms with Crippen LogP contribution in [0.2, 0.25) is 0 Å². The van der Waals surface area contributed by atoms with Crippen molar-refractivity contribution in [2.75, 3.05) is 0 Å². The van der Waals surface area contributed by atoms with Gasteiger partial charge in [0.05, 0.1) is 0 Å². The van der Waals surface area contributed by atoms with Crippen molar-refractivity contribution in [3.05, 3.63) is 23.5 Å². The highest BCUT2D eigenvalue weighted by atomic mass is 35.5. The molecule has 84 valence electrons. The van der Waals surface area contributed by atoms with Gasteiger partial charge >= 0.3 is 0 Å². The fourth-order valence-electron chi connectivity index (χ4n) is 2.51. The molecule has 1 aliphatic carbocycles. The van der Waals surface area contributed by atoms with Crippen molar-refractivity contribution < 1.29 is 0 Å². The predicted molar refractivity (Wildman–Crippen MR) is 65.6 cm³/mol. The highest BCUT2D eigenvalue weighted by molar-refractivity contribution is 6.20. The van der Waals surface area contributed by atoms with Crippen LogP contribution < -0.4 is 0 Å². The molecule has 2 atom stereocenters. The van der Waals surface area contributed by atoms with Gasteiger partial charge in [0.1, 0.15) is 0 Å². The van der Waals surface area contributed by atoms with Crippen LogP contribution in [-0.4, -0.2) is 10.4 Å². The van der Waals surface area contributed by atoms with E-state index in [0.29, 0.717) is 5.92 Å². The van der Waals surface area contributed by atoms with E-state index in [0.717, 1.165) is 0 Å². The standard InChI is InChI=1S/C13H20ClN/c1-10(14)13-7-5-3-2-4-6-12-8-11(13)9-15-12/h8-10,13,15H,2-7H2,1H3. The Morgan fingerprint density at radius 1 is 1.33 bits per heavy atom. The van der Waals surface area contributed by atoms with Crippen molar-refractivity contribution in [1.29, 1.82) is 0 Å². The zero-order valence-corrected chi connectivity index (χ0v) is 10.2. The number of H-pyrrole nitrogens is 1. The summed E-state index contributed by atoms with van der Waals surface area (Å²) in [5.41, 5.74) is 2.80. The minimum Gasteiger partial charge on any atom is -0.365 e. The molecule has 2 rings (SSSR count). The lowest BCUT2D eigenvalue weighted by molar-refractivity contribution is 0.538. The highest BCUT2D eigenvalue weighted by Gasteiger charge is 2.19. The molecule has 0 spiro atoms. The Bertz CT molecular complexity index is 303. The lowest BCUT2D eigenvalue weighted by atomic mass is 9.91. The zero-order chi connectivity index (χ0) is 10.7. The molecule has 15 heavy (non-hydrogen) atoms. The maximum absolute atomic E-state index is 6.27. The molecule has 0 amide bonds. The number of fused-ring (bicyclic) bond motifs is 2. The van der Waals surface area contributed by atoms with E-state index in [1.54, 1.807) is 0 Å². The number of hydrogen-bond acceptors (Lipinski definition) is 0. The summed E-state index contributed by atoms with van der Waals surface area (Å²) >= 11 is 6.27. The summed E-state index contributed by atoms with van der Waals surface area (Å²) in [5, 5.41) is 0.244. The maximum Gasteiger partial charge on any atom is 0.0376 e. The van der Waals surface area contributed by atoms with Gasteiger partial charge in [-0.3, -0.25) is 0 Å². The Morgan fingerprint density at radius 3 is 2.93 bits per heavy atom. The normalized spacial score (nSPS) is 24.8. The summed E-state index contributed by atoms with van der Waals surface area (Å²) in [4.78, 5) is 3.38. The number of rotatable bonds is 1. The molecule has 1 heterocycles. The van der Waals surface area contributed by atoms with Gasteiger partial charge in [0.15, 0.2) is 0 Å². The average Bonchev–Trinajstić information content (AvgIpc) is 2.64. The minimum atomic E-state index is 0.244. The molecular weight excluding hydrogens is 206 g/mol. The molecule has 1 aromatic rings. The van der Waals surface area contributed by atoms with Gasteiger partial charge in [0.2, 0.25) is 0 Å². The largest absolute Gasteiger partial charge is 0.365 e. The second-order valence-corrected chi connectivity index (χ2v) is 5.38. The van der Waals surface area contributed by atoms with Gasteiger partial charge in [0, 0.05) is 23.2 Å². The van der Waals surface area contributed by atoms with Crippen LogP contribution in [0, 0.1) is 0 Å². The lowest BCUT2D eigenvalue weighted by Gasteiger charge is -2.18. The minimum absolute atomic E-state index is 0.244. The van der Waals surface area contributed by atoms with E-state index in [1.807, 2.05) is 0 Å². The Hall–Kier alpha value is -0.430. The number of nitrogens with one attached hydrogen (secondary N) is 1. The maximum atomic E-state index is 6.27. The molecule has 2 heteroatoms. The van der Waals surface area contributed by atoms with E-state index >= 15 is 0 Å². The molecule has 0 aromatic carbocycles. The summed E-state index contributed by atoms with van der Waals surface area (Å²) in [6.07, 6.45) is 9.96. The van der Waals surface area contributed by atoms with Gasteiger partial charge in [-0.15, -0.1) is 11.6 Å². The molecule has 1 N–H and O–H groups in total. The van der Waals surface area contributed by atoms with E-state index in [-0.39, 0.29) is 5.38 Å². The highest BCUT2D eigenvalue weighted by Crippen LogP contribution is 2.31. The molecule has 1 nitrogen and oxygen atoms in total. The molecule has 0 fully saturated rings. The first-order chi connectivity index (χ1) is 7.27. The fraction of sp³-hybridized carbons (Fsp3) is 0.692. The number of halogens is 1. The van der Waals surface area contributed by atoms with E-state index < -0.39 is 0 Å². The summed E-state index contributed by atoms with van der Waals surface area (Å²) in [6, 6.07) is 2.31. The Morgan fingerprint density at radius 2 is 2.13 bits per heavy atom. The summed E-state index contributed by atoms with van der Waals surface area (Å²) < 4.78 is 0. The van der Waals surface area contributed by atoms with E-state index in [9.17, 15) is 0 Å². The first-order valence-electron chi connectivity index (χ1n) is 6.08. The van der Waals surface area contributed by atoms with Crippen LogP contribution in [0.4, 0.5) is 0 Å². The molecule has 0 saturated heterocycles. The summed E-state index contributed by atoms with van der Waals surface area (Å²) in [6.45, 7) is 2.12. The van der Waals surface area contributed by atoms with Crippen LogP contribution in [0.25, 0.3) is 0 Å². The van der Waals surface area contributed by atoms with Crippen LogP contribution in [0.3, 0.4) is 0 Å². The van der Waals surface area contributed by atoms with Crippen molar-refractivity contribution in [3.8, 4) is 0 Å². The third-order valence-electron chi connectivity index (χ3n) is 3.46. The van der Waals surface area contributed by atoms with Gasteiger partial charge in [0.25, 0.3) is 0 Å². The van der Waals surface area contributed by atoms with Gasteiger partial charge in [-0.2, -0.15) is 0 Å². The van der Waals surface area contributed by atoms with Gasteiger partial charge < -0.3 is 4.98 Å². The van der Waals surface area contributed by atoms with Crippen LogP contribution in [0.15, 0.2) is 12.3 Å². The summed E-state index contributed by atoms with van der Waals surface area (Å²) in [5.74, 6) is 0.537. The average molecular weight is 226 g/mol. The van der Waals surface area contributed by atoms with Crippen molar-refractivity contribution in [2.24, 2.45) is 0 Å². The lowest BCUT2D eigenvalue weighted by Crippen LogP contribution is -2.09. The molecule has 2 bridgehead atoms. The van der Waals surface area contributed by atoms with Crippen molar-refractivity contribution in [3.63, 3.8) is 0 Å². The van der Waals surface area contributed by atoms with E-state index in [2.05, 4.69) is 24.2 Å². The van der Waals surface area contributed by atoms with E-state index in [4.69, 9.17) is 11.6 Å². The topological polar surface area (TPSA) is 15.8 Å². The smallest absolute Gasteiger partial charge is 0.0376 e. The van der Waals surface area contributed by atoms with Gasteiger partial charge in [-0.1, -0.05) is 19.3 Å². The number of alkyl halides is 1. The SMILES string of the molecule is CC(Cl)C1CCCCCCc2cc1c[nH]2. The molecule has 0 saturated carbocycles. The first-order valence-corrected chi connectivity index (χ1v) is 6.52. The quantitative estimate of drug-likeness (QED) is 0.689. The van der Waals surface area contributed by atoms with Crippen LogP contribution in [0.1, 0.15) is 56.2 Å². The number of aromatic nitrogens is 1. The Balaban J connectivity index is 2.18. The first kappa shape index (κ1) is 11.1. The van der Waals surface area contributed by atoms with Gasteiger partial charge in [-0.05, 0) is 37.8 Å². The molecule has 0 aliphatic heterocycles.